The number of hydrogen-bond acceptors (Lipinski definition) is 6. The van der Waals surface area contributed by atoms with Crippen molar-refractivity contribution in [2.45, 2.75) is 18.9 Å². The molecule has 4 aromatic rings. The number of carbonyl (C=O) groups is 2. The lowest BCUT2D eigenvalue weighted by atomic mass is 10.3. The van der Waals surface area contributed by atoms with Crippen molar-refractivity contribution in [1.82, 2.24) is 29.7 Å². The van der Waals surface area contributed by atoms with Gasteiger partial charge in [0.15, 0.2) is 17.0 Å². The average molecular weight is 464 g/mol. The van der Waals surface area contributed by atoms with Gasteiger partial charge in [-0.25, -0.2) is 9.50 Å². The zero-order valence-corrected chi connectivity index (χ0v) is 17.5. The Hall–Kier alpha value is -3.80. The molecule has 0 aliphatic rings. The summed E-state index contributed by atoms with van der Waals surface area (Å²) in [7, 11) is 1.57. The van der Waals surface area contributed by atoms with E-state index in [1.807, 2.05) is 0 Å². The highest BCUT2D eigenvalue weighted by atomic mass is 35.5. The highest BCUT2D eigenvalue weighted by Gasteiger charge is 2.33. The molecule has 4 aromatic heterocycles. The number of amides is 2. The summed E-state index contributed by atoms with van der Waals surface area (Å²) in [6.45, 7) is 1.64. The summed E-state index contributed by atoms with van der Waals surface area (Å²) in [5.41, 5.74) is -0.455. The third kappa shape index (κ3) is 4.30. The van der Waals surface area contributed by atoms with Gasteiger partial charge in [0.2, 0.25) is 0 Å². The van der Waals surface area contributed by atoms with E-state index in [1.54, 1.807) is 19.2 Å². The molecule has 0 unspecified atom stereocenters. The van der Waals surface area contributed by atoms with Gasteiger partial charge >= 0.3 is 5.38 Å². The van der Waals surface area contributed by atoms with Crippen LogP contribution in [0.25, 0.3) is 5.65 Å². The normalized spacial score (nSPS) is 11.7. The van der Waals surface area contributed by atoms with Gasteiger partial charge in [0, 0.05) is 25.0 Å². The first-order valence-corrected chi connectivity index (χ1v) is 9.60. The molecule has 0 saturated carbocycles. The maximum Gasteiger partial charge on any atom is 0.364 e. The van der Waals surface area contributed by atoms with Gasteiger partial charge in [-0.3, -0.25) is 14.3 Å². The number of aryl methyl sites for hydroxylation is 2. The van der Waals surface area contributed by atoms with Crippen LogP contribution >= 0.6 is 11.6 Å². The standard InChI is InChI=1S/C19H16ClF2N7O3/c1-10-6-14(19(20,21)22)29-15(24-10)7-12(26-29)17(30)25-13-9-28(2)27-16(13)18(31)23-8-11-4-3-5-32-11/h3-7,9H,8H2,1-2H3,(H,23,31)(H,25,30). The first-order valence-electron chi connectivity index (χ1n) is 9.22. The minimum Gasteiger partial charge on any atom is -0.467 e. The van der Waals surface area contributed by atoms with E-state index in [0.717, 1.165) is 10.6 Å². The maximum atomic E-state index is 13.8. The summed E-state index contributed by atoms with van der Waals surface area (Å²) in [6, 6.07) is 5.70. The minimum atomic E-state index is -3.71. The average Bonchev–Trinajstić information content (AvgIpc) is 3.44. The predicted molar refractivity (Wildman–Crippen MR) is 109 cm³/mol. The summed E-state index contributed by atoms with van der Waals surface area (Å²) in [6.07, 6.45) is 2.90. The van der Waals surface area contributed by atoms with Crippen LogP contribution in [0.2, 0.25) is 0 Å². The number of aromatic nitrogens is 5. The highest BCUT2D eigenvalue weighted by molar-refractivity contribution is 6.21. The van der Waals surface area contributed by atoms with Crippen molar-refractivity contribution < 1.29 is 22.8 Å². The van der Waals surface area contributed by atoms with E-state index >= 15 is 0 Å². The Morgan fingerprint density at radius 1 is 1.25 bits per heavy atom. The quantitative estimate of drug-likeness (QED) is 0.424. The maximum absolute atomic E-state index is 13.8. The van der Waals surface area contributed by atoms with Crippen LogP contribution in [0.4, 0.5) is 14.5 Å². The molecule has 166 valence electrons. The SMILES string of the molecule is Cc1cc(C(F)(F)Cl)n2nc(C(=O)Nc3cn(C)nc3C(=O)NCc3ccco3)cc2n1. The highest BCUT2D eigenvalue weighted by Crippen LogP contribution is 2.32. The van der Waals surface area contributed by atoms with Gasteiger partial charge in [0.1, 0.15) is 11.5 Å². The number of fused-ring (bicyclic) bond motifs is 1. The number of anilines is 1. The molecule has 0 saturated heterocycles. The fourth-order valence-electron chi connectivity index (χ4n) is 3.01. The lowest BCUT2D eigenvalue weighted by Gasteiger charge is -2.10. The number of rotatable bonds is 6. The summed E-state index contributed by atoms with van der Waals surface area (Å²) >= 11 is 5.17. The Bertz CT molecular complexity index is 1310. The first kappa shape index (κ1) is 21.4. The van der Waals surface area contributed by atoms with Gasteiger partial charge in [0.25, 0.3) is 11.8 Å². The molecule has 0 bridgehead atoms. The van der Waals surface area contributed by atoms with Crippen LogP contribution in [0.5, 0.6) is 0 Å². The van der Waals surface area contributed by atoms with Crippen molar-refractivity contribution in [1.29, 1.82) is 0 Å². The molecule has 4 rings (SSSR count). The van der Waals surface area contributed by atoms with Crippen molar-refractivity contribution in [2.75, 3.05) is 5.32 Å². The van der Waals surface area contributed by atoms with Crippen molar-refractivity contribution in [3.8, 4) is 0 Å². The van der Waals surface area contributed by atoms with Crippen LogP contribution in [0.1, 0.15) is 38.1 Å². The van der Waals surface area contributed by atoms with Crippen molar-refractivity contribution in [3.63, 3.8) is 0 Å². The second-order valence-corrected chi connectivity index (χ2v) is 7.34. The number of alkyl halides is 3. The van der Waals surface area contributed by atoms with Crippen LogP contribution in [-0.4, -0.2) is 36.2 Å². The van der Waals surface area contributed by atoms with E-state index in [-0.39, 0.29) is 35.0 Å². The van der Waals surface area contributed by atoms with Crippen LogP contribution in [0.15, 0.2) is 41.1 Å². The molecular weight excluding hydrogens is 448 g/mol. The number of furan rings is 1. The van der Waals surface area contributed by atoms with Crippen LogP contribution in [-0.2, 0) is 19.0 Å². The van der Waals surface area contributed by atoms with E-state index in [2.05, 4.69) is 25.8 Å². The molecule has 0 aliphatic heterocycles. The molecule has 10 nitrogen and oxygen atoms in total. The second-order valence-electron chi connectivity index (χ2n) is 6.86. The number of halogens is 3. The zero-order valence-electron chi connectivity index (χ0n) is 16.8. The summed E-state index contributed by atoms with van der Waals surface area (Å²) in [5, 5.41) is 9.41. The molecule has 0 radical (unpaired) electrons. The fraction of sp³-hybridized carbons (Fsp3) is 0.211. The van der Waals surface area contributed by atoms with Gasteiger partial charge in [-0.1, -0.05) is 0 Å². The lowest BCUT2D eigenvalue weighted by Crippen LogP contribution is -2.25. The Labute approximate surface area is 184 Å². The third-order valence-corrected chi connectivity index (χ3v) is 4.57. The van der Waals surface area contributed by atoms with Gasteiger partial charge in [-0.15, -0.1) is 0 Å². The Morgan fingerprint density at radius 2 is 2.03 bits per heavy atom. The van der Waals surface area contributed by atoms with Crippen LogP contribution < -0.4 is 10.6 Å². The van der Waals surface area contributed by atoms with E-state index < -0.39 is 22.9 Å². The fourth-order valence-corrected chi connectivity index (χ4v) is 3.15. The van der Waals surface area contributed by atoms with Gasteiger partial charge in [-0.05, 0) is 36.7 Å². The van der Waals surface area contributed by atoms with E-state index in [4.69, 9.17) is 16.0 Å². The summed E-state index contributed by atoms with van der Waals surface area (Å²) in [5.74, 6) is -0.752. The molecule has 32 heavy (non-hydrogen) atoms. The molecule has 2 amide bonds. The van der Waals surface area contributed by atoms with Crippen molar-refractivity contribution >= 4 is 34.7 Å². The molecular formula is C19H16ClF2N7O3. The molecule has 0 fully saturated rings. The van der Waals surface area contributed by atoms with E-state index in [9.17, 15) is 18.4 Å². The van der Waals surface area contributed by atoms with Crippen molar-refractivity contribution in [3.05, 3.63) is 65.3 Å². The lowest BCUT2D eigenvalue weighted by molar-refractivity contribution is 0.0867. The van der Waals surface area contributed by atoms with Crippen LogP contribution in [0.3, 0.4) is 0 Å². The molecule has 0 atom stereocenters. The van der Waals surface area contributed by atoms with Crippen LogP contribution in [0, 0.1) is 6.92 Å². The van der Waals surface area contributed by atoms with E-state index in [0.29, 0.717) is 5.76 Å². The molecule has 2 N–H and O–H groups in total. The summed E-state index contributed by atoms with van der Waals surface area (Å²) < 4.78 is 34.8. The van der Waals surface area contributed by atoms with Gasteiger partial charge in [-0.2, -0.15) is 19.0 Å². The Kier molecular flexibility index (Phi) is 5.38. The number of hydrogen-bond donors (Lipinski definition) is 2. The molecule has 13 heteroatoms. The topological polar surface area (TPSA) is 119 Å². The Balaban J connectivity index is 1.58. The predicted octanol–water partition coefficient (Wildman–Crippen LogP) is 2.83. The molecule has 0 aromatic carbocycles. The zero-order chi connectivity index (χ0) is 23.0. The summed E-state index contributed by atoms with van der Waals surface area (Å²) in [4.78, 5) is 29.4. The molecule has 4 heterocycles. The third-order valence-electron chi connectivity index (χ3n) is 4.37. The second kappa shape index (κ2) is 8.04. The minimum absolute atomic E-state index is 0.0214. The number of carbonyl (C=O) groups excluding carboxylic acids is 2. The van der Waals surface area contributed by atoms with Crippen molar-refractivity contribution in [2.24, 2.45) is 7.05 Å². The monoisotopic (exact) mass is 463 g/mol. The number of nitrogens with one attached hydrogen (secondary N) is 2. The van der Waals surface area contributed by atoms with Gasteiger partial charge < -0.3 is 15.1 Å². The van der Waals surface area contributed by atoms with Gasteiger partial charge in [0.05, 0.1) is 18.5 Å². The Morgan fingerprint density at radius 3 is 2.72 bits per heavy atom. The number of nitrogens with zero attached hydrogens (tertiary/aromatic N) is 5. The first-order chi connectivity index (χ1) is 15.1. The molecule has 0 spiro atoms. The smallest absolute Gasteiger partial charge is 0.364 e. The largest absolute Gasteiger partial charge is 0.467 e. The molecule has 0 aliphatic carbocycles. The van der Waals surface area contributed by atoms with E-state index in [1.165, 1.54) is 30.1 Å².